The van der Waals surface area contributed by atoms with Gasteiger partial charge in [-0.15, -0.1) is 0 Å². The molecule has 0 nitrogen and oxygen atoms in total. The molecule has 0 aliphatic heterocycles. The van der Waals surface area contributed by atoms with E-state index in [1.54, 1.807) is 12.1 Å². The fourth-order valence-electron chi connectivity index (χ4n) is 3.29. The number of halogens is 3. The SMILES string of the molecule is CCC=C(C)[P+](CCC(C)C)(CCC(C)C)c1ccc(C(F)(F)F)cc1. The van der Waals surface area contributed by atoms with E-state index in [-0.39, 0.29) is 0 Å². The van der Waals surface area contributed by atoms with Gasteiger partial charge in [0.1, 0.15) is 0 Å². The maximum Gasteiger partial charge on any atom is 0.416 e. The van der Waals surface area contributed by atoms with Gasteiger partial charge >= 0.3 is 6.18 Å². The van der Waals surface area contributed by atoms with E-state index < -0.39 is 19.0 Å². The van der Waals surface area contributed by atoms with Crippen LogP contribution in [0.1, 0.15) is 66.4 Å². The Bertz CT molecular complexity index is 556. The zero-order valence-electron chi connectivity index (χ0n) is 17.2. The highest BCUT2D eigenvalue weighted by atomic mass is 31.2. The molecule has 0 saturated carbocycles. The number of alkyl halides is 3. The van der Waals surface area contributed by atoms with Gasteiger partial charge in [0.15, 0.2) is 0 Å². The van der Waals surface area contributed by atoms with Crippen molar-refractivity contribution in [2.24, 2.45) is 11.8 Å². The summed E-state index contributed by atoms with van der Waals surface area (Å²) in [4.78, 5) is 0. The van der Waals surface area contributed by atoms with Crippen molar-refractivity contribution in [3.05, 3.63) is 41.2 Å². The molecule has 0 N–H and O–H groups in total. The molecule has 26 heavy (non-hydrogen) atoms. The van der Waals surface area contributed by atoms with Crippen LogP contribution in [0.25, 0.3) is 0 Å². The van der Waals surface area contributed by atoms with Crippen molar-refractivity contribution < 1.29 is 13.2 Å². The second kappa shape index (κ2) is 9.93. The highest BCUT2D eigenvalue weighted by Crippen LogP contribution is 2.66. The summed E-state index contributed by atoms with van der Waals surface area (Å²) >= 11 is 0. The summed E-state index contributed by atoms with van der Waals surface area (Å²) in [6, 6.07) is 6.05. The number of allylic oxidation sites excluding steroid dienone is 2. The maximum atomic E-state index is 13.0. The molecule has 1 aromatic rings. The van der Waals surface area contributed by atoms with Crippen molar-refractivity contribution in [1.29, 1.82) is 0 Å². The van der Waals surface area contributed by atoms with E-state index in [4.69, 9.17) is 0 Å². The summed E-state index contributed by atoms with van der Waals surface area (Å²) in [6.45, 7) is 13.2. The third kappa shape index (κ3) is 6.41. The summed E-state index contributed by atoms with van der Waals surface area (Å²) in [6.07, 6.45) is 3.40. The minimum Gasteiger partial charge on any atom is -0.166 e. The van der Waals surface area contributed by atoms with E-state index in [0.29, 0.717) is 11.8 Å². The molecule has 0 heterocycles. The lowest BCUT2D eigenvalue weighted by atomic mass is 10.2. The molecule has 0 unspecified atom stereocenters. The molecule has 0 atom stereocenters. The Morgan fingerprint density at radius 3 is 1.77 bits per heavy atom. The number of hydrogen-bond donors (Lipinski definition) is 0. The van der Waals surface area contributed by atoms with Gasteiger partial charge in [-0.2, -0.15) is 13.2 Å². The van der Waals surface area contributed by atoms with E-state index in [0.717, 1.165) is 36.9 Å². The van der Waals surface area contributed by atoms with Crippen LogP contribution in [0, 0.1) is 11.8 Å². The molecule has 0 radical (unpaired) electrons. The monoisotopic (exact) mass is 387 g/mol. The molecule has 0 saturated heterocycles. The van der Waals surface area contributed by atoms with Crippen LogP contribution in [0.3, 0.4) is 0 Å². The summed E-state index contributed by atoms with van der Waals surface area (Å²) in [5.74, 6) is 1.19. The Morgan fingerprint density at radius 2 is 1.42 bits per heavy atom. The lowest BCUT2D eigenvalue weighted by Gasteiger charge is -2.30. The maximum absolute atomic E-state index is 13.0. The number of benzene rings is 1. The largest absolute Gasteiger partial charge is 0.416 e. The molecule has 148 valence electrons. The number of hydrogen-bond acceptors (Lipinski definition) is 0. The van der Waals surface area contributed by atoms with Crippen LogP contribution in [0.15, 0.2) is 35.7 Å². The van der Waals surface area contributed by atoms with Crippen molar-refractivity contribution in [1.82, 2.24) is 0 Å². The number of rotatable bonds is 9. The van der Waals surface area contributed by atoms with Gasteiger partial charge in [0.05, 0.1) is 35.8 Å². The van der Waals surface area contributed by atoms with Crippen molar-refractivity contribution in [2.45, 2.75) is 67.0 Å². The van der Waals surface area contributed by atoms with Crippen molar-refractivity contribution in [3.8, 4) is 0 Å². The first-order valence-corrected chi connectivity index (χ1v) is 11.9. The molecule has 0 bridgehead atoms. The van der Waals surface area contributed by atoms with Crippen LogP contribution in [0.4, 0.5) is 13.2 Å². The highest BCUT2D eigenvalue weighted by Gasteiger charge is 2.42. The van der Waals surface area contributed by atoms with Crippen LogP contribution in [-0.4, -0.2) is 12.3 Å². The molecule has 1 aromatic carbocycles. The third-order valence-electron chi connectivity index (χ3n) is 5.04. The Morgan fingerprint density at radius 1 is 0.962 bits per heavy atom. The van der Waals surface area contributed by atoms with Crippen LogP contribution < -0.4 is 5.30 Å². The van der Waals surface area contributed by atoms with Gasteiger partial charge in [-0.05, 0) is 68.4 Å². The molecule has 1 rings (SSSR count). The second-order valence-corrected chi connectivity index (χ2v) is 12.1. The molecular weight excluding hydrogens is 352 g/mol. The smallest absolute Gasteiger partial charge is 0.166 e. The third-order valence-corrected chi connectivity index (χ3v) is 9.90. The molecular formula is C22H35F3P+. The molecule has 0 aromatic heterocycles. The average Bonchev–Trinajstić information content (AvgIpc) is 2.54. The van der Waals surface area contributed by atoms with Crippen LogP contribution in [-0.2, 0) is 6.18 Å². The van der Waals surface area contributed by atoms with Gasteiger partial charge in [0.25, 0.3) is 0 Å². The van der Waals surface area contributed by atoms with Crippen molar-refractivity contribution in [2.75, 3.05) is 12.3 Å². The standard InChI is InChI=1S/C22H35F3P/c1-7-8-19(6)26(15-13-17(2)3,16-14-18(4)5)21-11-9-20(10-12-21)22(23,24)25/h8-12,17-18H,7,13-16H2,1-6H3/q+1. The molecule has 0 aliphatic carbocycles. The minimum atomic E-state index is -4.27. The van der Waals surface area contributed by atoms with E-state index in [2.05, 4.69) is 47.6 Å². The predicted molar refractivity (Wildman–Crippen MR) is 111 cm³/mol. The molecule has 0 spiro atoms. The summed E-state index contributed by atoms with van der Waals surface area (Å²) in [5.41, 5.74) is -0.552. The van der Waals surface area contributed by atoms with E-state index in [1.165, 1.54) is 17.4 Å². The average molecular weight is 387 g/mol. The highest BCUT2D eigenvalue weighted by molar-refractivity contribution is 7.86. The minimum absolute atomic E-state index is 0.552. The summed E-state index contributed by atoms with van der Waals surface area (Å²) < 4.78 is 39.0. The van der Waals surface area contributed by atoms with Crippen LogP contribution in [0.2, 0.25) is 0 Å². The lowest BCUT2D eigenvalue weighted by molar-refractivity contribution is -0.137. The fraction of sp³-hybridized carbons (Fsp3) is 0.636. The summed E-state index contributed by atoms with van der Waals surface area (Å²) in [7, 11) is -1.64. The van der Waals surface area contributed by atoms with Gasteiger partial charge in [-0.3, -0.25) is 0 Å². The van der Waals surface area contributed by atoms with Gasteiger partial charge in [0, 0.05) is 0 Å². The van der Waals surface area contributed by atoms with Gasteiger partial charge in [0.2, 0.25) is 0 Å². The summed E-state index contributed by atoms with van der Waals surface area (Å²) in [5, 5.41) is 2.54. The van der Waals surface area contributed by atoms with E-state index in [1.807, 2.05) is 0 Å². The quantitative estimate of drug-likeness (QED) is 0.380. The van der Waals surface area contributed by atoms with Crippen molar-refractivity contribution >= 4 is 12.6 Å². The van der Waals surface area contributed by atoms with Crippen LogP contribution in [0.5, 0.6) is 0 Å². The first-order chi connectivity index (χ1) is 12.0. The van der Waals surface area contributed by atoms with Gasteiger partial charge in [-0.25, -0.2) is 0 Å². The lowest BCUT2D eigenvalue weighted by Crippen LogP contribution is -2.21. The van der Waals surface area contributed by atoms with Crippen LogP contribution >= 0.6 is 7.26 Å². The van der Waals surface area contributed by atoms with Gasteiger partial charge < -0.3 is 0 Å². The zero-order valence-corrected chi connectivity index (χ0v) is 18.1. The Labute approximate surface area is 158 Å². The first-order valence-electron chi connectivity index (χ1n) is 9.75. The Balaban J connectivity index is 3.40. The second-order valence-electron chi connectivity index (χ2n) is 8.08. The topological polar surface area (TPSA) is 0 Å². The van der Waals surface area contributed by atoms with E-state index in [9.17, 15) is 13.2 Å². The van der Waals surface area contributed by atoms with Crippen molar-refractivity contribution in [3.63, 3.8) is 0 Å². The fourth-order valence-corrected chi connectivity index (χ4v) is 8.31. The Kier molecular flexibility index (Phi) is 8.86. The molecule has 0 amide bonds. The molecule has 0 fully saturated rings. The van der Waals surface area contributed by atoms with E-state index >= 15 is 0 Å². The zero-order chi connectivity index (χ0) is 20.0. The first kappa shape index (κ1) is 23.2. The molecule has 0 aliphatic rings. The molecule has 4 heteroatoms. The van der Waals surface area contributed by atoms with Gasteiger partial charge in [-0.1, -0.05) is 34.6 Å². The normalized spacial score (nSPS) is 13.7. The Hall–Kier alpha value is -0.820. The predicted octanol–water partition coefficient (Wildman–Crippen LogP) is 7.75.